The summed E-state index contributed by atoms with van der Waals surface area (Å²) in [4.78, 5) is 2.36. The zero-order chi connectivity index (χ0) is 15.4. The predicted octanol–water partition coefficient (Wildman–Crippen LogP) is 2.21. The van der Waals surface area contributed by atoms with E-state index < -0.39 is 10.0 Å². The minimum absolute atomic E-state index is 0.0292. The van der Waals surface area contributed by atoms with Crippen molar-refractivity contribution in [3.63, 3.8) is 0 Å². The highest BCUT2D eigenvalue weighted by molar-refractivity contribution is 7.89. The molecule has 1 aromatic rings. The van der Waals surface area contributed by atoms with E-state index in [1.807, 2.05) is 31.1 Å². The first-order valence-corrected chi connectivity index (χ1v) is 8.36. The van der Waals surface area contributed by atoms with E-state index in [-0.39, 0.29) is 5.41 Å². The Morgan fingerprint density at radius 2 is 1.65 bits per heavy atom. The van der Waals surface area contributed by atoms with E-state index in [0.717, 1.165) is 18.5 Å². The number of nitrogens with zero attached hydrogens (tertiary/aromatic N) is 1. The Morgan fingerprint density at radius 1 is 1.10 bits per heavy atom. The molecule has 0 aliphatic carbocycles. The molecule has 1 rings (SSSR count). The van der Waals surface area contributed by atoms with Gasteiger partial charge in [0.1, 0.15) is 0 Å². The molecule has 0 spiro atoms. The minimum Gasteiger partial charge on any atom is -0.309 e. The first kappa shape index (κ1) is 17.1. The molecule has 0 atom stereocenters. The molecule has 0 heterocycles. The molecule has 0 aliphatic heterocycles. The second-order valence-electron chi connectivity index (χ2n) is 6.33. The molecule has 0 saturated heterocycles. The van der Waals surface area contributed by atoms with E-state index in [1.54, 1.807) is 12.1 Å². The molecule has 1 aromatic carbocycles. The van der Waals surface area contributed by atoms with Crippen LogP contribution in [-0.4, -0.2) is 40.5 Å². The van der Waals surface area contributed by atoms with Gasteiger partial charge >= 0.3 is 0 Å². The number of sulfonamides is 1. The lowest BCUT2D eigenvalue weighted by atomic mass is 9.87. The fourth-order valence-electron chi connectivity index (χ4n) is 1.82. The fourth-order valence-corrected chi connectivity index (χ4v) is 2.89. The van der Waals surface area contributed by atoms with Gasteiger partial charge in [0.15, 0.2) is 0 Å². The minimum atomic E-state index is -3.39. The van der Waals surface area contributed by atoms with Gasteiger partial charge in [-0.15, -0.1) is 0 Å². The maximum absolute atomic E-state index is 12.1. The van der Waals surface area contributed by atoms with Crippen molar-refractivity contribution in [1.29, 1.82) is 0 Å². The van der Waals surface area contributed by atoms with Gasteiger partial charge in [0, 0.05) is 6.54 Å². The first-order valence-electron chi connectivity index (χ1n) is 6.88. The summed E-state index contributed by atoms with van der Waals surface area (Å²) in [6.45, 7) is 7.65. The third-order valence-corrected chi connectivity index (χ3v) is 4.58. The van der Waals surface area contributed by atoms with Gasteiger partial charge < -0.3 is 4.90 Å². The third-order valence-electron chi connectivity index (χ3n) is 3.10. The van der Waals surface area contributed by atoms with Crippen LogP contribution in [0.3, 0.4) is 0 Å². The Kier molecular flexibility index (Phi) is 5.74. The lowest BCUT2D eigenvalue weighted by molar-refractivity contribution is 0.400. The van der Waals surface area contributed by atoms with E-state index in [4.69, 9.17) is 0 Å². The van der Waals surface area contributed by atoms with Crippen molar-refractivity contribution in [3.05, 3.63) is 29.8 Å². The van der Waals surface area contributed by atoms with Crippen LogP contribution < -0.4 is 4.72 Å². The van der Waals surface area contributed by atoms with Crippen LogP contribution in [0, 0.1) is 0 Å². The molecule has 20 heavy (non-hydrogen) atoms. The second-order valence-corrected chi connectivity index (χ2v) is 8.10. The predicted molar refractivity (Wildman–Crippen MR) is 83.5 cm³/mol. The molecule has 1 N–H and O–H groups in total. The zero-order valence-corrected chi connectivity index (χ0v) is 13.9. The van der Waals surface area contributed by atoms with Crippen molar-refractivity contribution >= 4 is 10.0 Å². The molecule has 0 fully saturated rings. The van der Waals surface area contributed by atoms with Crippen LogP contribution in [0.1, 0.15) is 32.8 Å². The van der Waals surface area contributed by atoms with E-state index >= 15 is 0 Å². The Hall–Kier alpha value is -0.910. The quantitative estimate of drug-likeness (QED) is 0.819. The number of hydrogen-bond donors (Lipinski definition) is 1. The van der Waals surface area contributed by atoms with Gasteiger partial charge in [0.2, 0.25) is 10.0 Å². The van der Waals surface area contributed by atoms with Crippen LogP contribution in [0.2, 0.25) is 0 Å². The molecule has 0 aromatic heterocycles. The van der Waals surface area contributed by atoms with E-state index in [0.29, 0.717) is 11.4 Å². The average Bonchev–Trinajstić information content (AvgIpc) is 2.34. The highest BCUT2D eigenvalue weighted by Crippen LogP contribution is 2.23. The standard InChI is InChI=1S/C15H26N2O2S/c1-15(2,3)13-7-9-14(10-8-13)20(18,19)16-11-6-12-17(4)5/h7-10,16H,6,11-12H2,1-5H3. The Bertz CT molecular complexity index is 514. The first-order chi connectivity index (χ1) is 9.13. The third kappa shape index (κ3) is 5.23. The summed E-state index contributed by atoms with van der Waals surface area (Å²) in [5, 5.41) is 0. The van der Waals surface area contributed by atoms with Crippen LogP contribution in [0.4, 0.5) is 0 Å². The van der Waals surface area contributed by atoms with Crippen LogP contribution in [0.5, 0.6) is 0 Å². The van der Waals surface area contributed by atoms with Crippen molar-refractivity contribution < 1.29 is 8.42 Å². The van der Waals surface area contributed by atoms with Crippen molar-refractivity contribution in [2.45, 2.75) is 37.5 Å². The molecule has 0 amide bonds. The van der Waals surface area contributed by atoms with Gasteiger partial charge in [-0.3, -0.25) is 0 Å². The normalized spacial score (nSPS) is 12.9. The Morgan fingerprint density at radius 3 is 2.10 bits per heavy atom. The van der Waals surface area contributed by atoms with E-state index in [2.05, 4.69) is 25.5 Å². The van der Waals surface area contributed by atoms with Gasteiger partial charge in [-0.2, -0.15) is 0 Å². The summed E-state index contributed by atoms with van der Waals surface area (Å²) in [5.74, 6) is 0. The smallest absolute Gasteiger partial charge is 0.240 e. The number of benzene rings is 1. The van der Waals surface area contributed by atoms with Crippen LogP contribution in [0.15, 0.2) is 29.2 Å². The molecular formula is C15H26N2O2S. The van der Waals surface area contributed by atoms with Crippen molar-refractivity contribution in [1.82, 2.24) is 9.62 Å². The fraction of sp³-hybridized carbons (Fsp3) is 0.600. The highest BCUT2D eigenvalue weighted by atomic mass is 32.2. The van der Waals surface area contributed by atoms with Gasteiger partial charge in [0.25, 0.3) is 0 Å². The van der Waals surface area contributed by atoms with Gasteiger partial charge in [-0.05, 0) is 50.2 Å². The summed E-state index contributed by atoms with van der Waals surface area (Å²) >= 11 is 0. The topological polar surface area (TPSA) is 49.4 Å². The van der Waals surface area contributed by atoms with Crippen molar-refractivity contribution in [2.24, 2.45) is 0 Å². The van der Waals surface area contributed by atoms with Crippen LogP contribution >= 0.6 is 0 Å². The molecule has 4 nitrogen and oxygen atoms in total. The molecule has 0 aliphatic rings. The van der Waals surface area contributed by atoms with Gasteiger partial charge in [-0.25, -0.2) is 13.1 Å². The summed E-state index contributed by atoms with van der Waals surface area (Å²) in [7, 11) is 0.555. The largest absolute Gasteiger partial charge is 0.309 e. The average molecular weight is 298 g/mol. The van der Waals surface area contributed by atoms with Crippen molar-refractivity contribution in [2.75, 3.05) is 27.2 Å². The SMILES string of the molecule is CN(C)CCCNS(=O)(=O)c1ccc(C(C)(C)C)cc1. The summed E-state index contributed by atoms with van der Waals surface area (Å²) < 4.78 is 26.9. The van der Waals surface area contributed by atoms with E-state index in [9.17, 15) is 8.42 Å². The Balaban J connectivity index is 2.69. The maximum atomic E-state index is 12.1. The van der Waals surface area contributed by atoms with Crippen molar-refractivity contribution in [3.8, 4) is 0 Å². The lowest BCUT2D eigenvalue weighted by Gasteiger charge is -2.19. The number of rotatable bonds is 6. The molecule has 0 radical (unpaired) electrons. The molecule has 5 heteroatoms. The summed E-state index contributed by atoms with van der Waals surface area (Å²) in [5.41, 5.74) is 1.16. The summed E-state index contributed by atoms with van der Waals surface area (Å²) in [6.07, 6.45) is 0.798. The highest BCUT2D eigenvalue weighted by Gasteiger charge is 2.17. The maximum Gasteiger partial charge on any atom is 0.240 e. The van der Waals surface area contributed by atoms with Gasteiger partial charge in [0.05, 0.1) is 4.90 Å². The molecule has 114 valence electrons. The monoisotopic (exact) mass is 298 g/mol. The molecular weight excluding hydrogens is 272 g/mol. The second kappa shape index (κ2) is 6.70. The lowest BCUT2D eigenvalue weighted by Crippen LogP contribution is -2.27. The summed E-state index contributed by atoms with van der Waals surface area (Å²) in [6, 6.07) is 7.12. The van der Waals surface area contributed by atoms with Crippen LogP contribution in [0.25, 0.3) is 0 Å². The zero-order valence-electron chi connectivity index (χ0n) is 13.1. The molecule has 0 bridgehead atoms. The van der Waals surface area contributed by atoms with Crippen LogP contribution in [-0.2, 0) is 15.4 Å². The van der Waals surface area contributed by atoms with Gasteiger partial charge in [-0.1, -0.05) is 32.9 Å². The number of hydrogen-bond acceptors (Lipinski definition) is 3. The Labute approximate surface area is 123 Å². The van der Waals surface area contributed by atoms with E-state index in [1.165, 1.54) is 0 Å². The molecule has 0 unspecified atom stereocenters. The molecule has 0 saturated carbocycles. The number of nitrogens with one attached hydrogen (secondary N) is 1.